The van der Waals surface area contributed by atoms with Crippen LogP contribution in [0.25, 0.3) is 10.9 Å². The monoisotopic (exact) mass is 437 g/mol. The topological polar surface area (TPSA) is 77.9 Å². The van der Waals surface area contributed by atoms with Crippen molar-refractivity contribution in [1.29, 1.82) is 0 Å². The van der Waals surface area contributed by atoms with Gasteiger partial charge in [-0.25, -0.2) is 4.79 Å². The molecule has 0 aliphatic carbocycles. The van der Waals surface area contributed by atoms with Gasteiger partial charge in [-0.2, -0.15) is 0 Å². The first kappa shape index (κ1) is 23.7. The Balaban J connectivity index is 1.52. The van der Waals surface area contributed by atoms with Gasteiger partial charge in [-0.05, 0) is 31.5 Å². The summed E-state index contributed by atoms with van der Waals surface area (Å²) in [7, 11) is 0. The molecule has 1 heterocycles. The van der Waals surface area contributed by atoms with Crippen molar-refractivity contribution < 1.29 is 24.1 Å². The van der Waals surface area contributed by atoms with Crippen molar-refractivity contribution in [3.8, 4) is 5.75 Å². The van der Waals surface area contributed by atoms with E-state index < -0.39 is 5.97 Å². The Morgan fingerprint density at radius 1 is 1.00 bits per heavy atom. The molecule has 1 N–H and O–H groups in total. The lowest BCUT2D eigenvalue weighted by Crippen LogP contribution is -2.25. The van der Waals surface area contributed by atoms with Crippen molar-refractivity contribution in [3.05, 3.63) is 70.9 Å². The average Bonchev–Trinajstić information content (AvgIpc) is 2.72. The Bertz CT molecular complexity index is 1080. The summed E-state index contributed by atoms with van der Waals surface area (Å²) >= 11 is 0. The van der Waals surface area contributed by atoms with E-state index in [1.807, 2.05) is 56.3 Å². The fourth-order valence-electron chi connectivity index (χ4n) is 3.59. The van der Waals surface area contributed by atoms with E-state index in [1.54, 1.807) is 0 Å². The van der Waals surface area contributed by atoms with E-state index in [1.165, 1.54) is 0 Å². The number of hydrogen-bond donors (Lipinski definition) is 1. The smallest absolute Gasteiger partial charge is 0.341 e. The number of aryl methyl sites for hydroxylation is 2. The van der Waals surface area contributed by atoms with Crippen LogP contribution in [0.3, 0.4) is 0 Å². The Morgan fingerprint density at radius 2 is 1.72 bits per heavy atom. The maximum absolute atomic E-state index is 10.9. The third kappa shape index (κ3) is 6.77. The van der Waals surface area contributed by atoms with Gasteiger partial charge in [0, 0.05) is 16.4 Å². The van der Waals surface area contributed by atoms with Crippen LogP contribution < -0.4 is 4.74 Å². The number of aromatic nitrogens is 1. The Morgan fingerprint density at radius 3 is 2.47 bits per heavy atom. The lowest BCUT2D eigenvalue weighted by molar-refractivity contribution is -0.139. The molecule has 6 heteroatoms. The van der Waals surface area contributed by atoms with Crippen molar-refractivity contribution in [3.63, 3.8) is 0 Å². The average molecular weight is 438 g/mol. The molecule has 0 fully saturated rings. The van der Waals surface area contributed by atoms with Crippen molar-refractivity contribution >= 4 is 16.9 Å². The van der Waals surface area contributed by atoms with Crippen LogP contribution in [0.15, 0.2) is 48.5 Å². The molecular weight excluding hydrogens is 406 g/mol. The lowest BCUT2D eigenvalue weighted by Gasteiger charge is -2.24. The summed E-state index contributed by atoms with van der Waals surface area (Å²) in [5, 5.41) is 10.1. The van der Waals surface area contributed by atoms with E-state index >= 15 is 0 Å². The van der Waals surface area contributed by atoms with Crippen molar-refractivity contribution in [2.24, 2.45) is 5.41 Å². The number of rotatable bonds is 11. The number of carbonyl (C=O) groups is 1. The Kier molecular flexibility index (Phi) is 7.83. The molecule has 0 amide bonds. The van der Waals surface area contributed by atoms with Crippen LogP contribution in [0.5, 0.6) is 5.75 Å². The number of benzene rings is 2. The Labute approximate surface area is 189 Å². The molecule has 0 atom stereocenters. The number of ether oxygens (including phenoxy) is 3. The van der Waals surface area contributed by atoms with Crippen LogP contribution in [0.1, 0.15) is 36.2 Å². The number of carboxylic acid groups (broad SMARTS) is 1. The van der Waals surface area contributed by atoms with Gasteiger partial charge < -0.3 is 19.3 Å². The summed E-state index contributed by atoms with van der Waals surface area (Å²) in [6.45, 7) is 9.50. The lowest BCUT2D eigenvalue weighted by atomic mass is 9.96. The third-order valence-electron chi connectivity index (χ3n) is 4.99. The standard InChI is InChI=1S/C26H31NO5/c1-18-11-19(2)25(32-15-24(28)29)21(12-18)13-30-16-26(3,4)17-31-14-22-10-9-20-7-5-6-8-23(20)27-22/h5-12H,13-17H2,1-4H3,(H,28,29). The second-order valence-electron chi connectivity index (χ2n) is 8.90. The molecule has 0 aliphatic rings. The summed E-state index contributed by atoms with van der Waals surface area (Å²) in [6.07, 6.45) is 0. The van der Waals surface area contributed by atoms with Gasteiger partial charge in [-0.3, -0.25) is 4.98 Å². The molecule has 0 saturated carbocycles. The fraction of sp³-hybridized carbons (Fsp3) is 0.385. The van der Waals surface area contributed by atoms with Crippen molar-refractivity contribution in [2.45, 2.75) is 40.9 Å². The van der Waals surface area contributed by atoms with Gasteiger partial charge in [0.25, 0.3) is 0 Å². The molecule has 0 radical (unpaired) electrons. The quantitative estimate of drug-likeness (QED) is 0.451. The first-order valence-electron chi connectivity index (χ1n) is 10.7. The van der Waals surface area contributed by atoms with Gasteiger partial charge >= 0.3 is 5.97 Å². The minimum Gasteiger partial charge on any atom is -0.481 e. The first-order valence-corrected chi connectivity index (χ1v) is 10.7. The highest BCUT2D eigenvalue weighted by molar-refractivity contribution is 5.78. The number of hydrogen-bond acceptors (Lipinski definition) is 5. The van der Waals surface area contributed by atoms with Gasteiger partial charge in [0.1, 0.15) is 5.75 Å². The van der Waals surface area contributed by atoms with Gasteiger partial charge in [0.15, 0.2) is 6.61 Å². The zero-order chi connectivity index (χ0) is 23.1. The highest BCUT2D eigenvalue weighted by atomic mass is 16.5. The fourth-order valence-corrected chi connectivity index (χ4v) is 3.59. The molecule has 3 rings (SSSR count). The summed E-state index contributed by atoms with van der Waals surface area (Å²) < 4.78 is 17.4. The second-order valence-corrected chi connectivity index (χ2v) is 8.90. The molecule has 0 bridgehead atoms. The number of para-hydroxylation sites is 1. The van der Waals surface area contributed by atoms with Crippen LogP contribution in [0, 0.1) is 19.3 Å². The highest BCUT2D eigenvalue weighted by Crippen LogP contribution is 2.27. The SMILES string of the molecule is Cc1cc(C)c(OCC(=O)O)c(COCC(C)(C)COCc2ccc3ccccc3n2)c1. The van der Waals surface area contributed by atoms with E-state index in [0.29, 0.717) is 32.2 Å². The predicted molar refractivity (Wildman–Crippen MR) is 124 cm³/mol. The van der Waals surface area contributed by atoms with E-state index in [-0.39, 0.29) is 12.0 Å². The molecule has 3 aromatic rings. The maximum atomic E-state index is 10.9. The van der Waals surface area contributed by atoms with Gasteiger partial charge in [-0.1, -0.05) is 55.8 Å². The second kappa shape index (κ2) is 10.6. The van der Waals surface area contributed by atoms with Crippen LogP contribution in [0.2, 0.25) is 0 Å². The molecule has 170 valence electrons. The van der Waals surface area contributed by atoms with Crippen molar-refractivity contribution in [1.82, 2.24) is 4.98 Å². The van der Waals surface area contributed by atoms with Crippen LogP contribution in [-0.2, 0) is 27.5 Å². The van der Waals surface area contributed by atoms with E-state index in [9.17, 15) is 4.79 Å². The van der Waals surface area contributed by atoms with Crippen LogP contribution in [0.4, 0.5) is 0 Å². The molecule has 6 nitrogen and oxygen atoms in total. The van der Waals surface area contributed by atoms with Gasteiger partial charge in [0.2, 0.25) is 0 Å². The van der Waals surface area contributed by atoms with Gasteiger partial charge in [-0.15, -0.1) is 0 Å². The van der Waals surface area contributed by atoms with E-state index in [2.05, 4.69) is 24.9 Å². The molecular formula is C26H31NO5. The molecule has 0 spiro atoms. The number of pyridine rings is 1. The summed E-state index contributed by atoms with van der Waals surface area (Å²) in [4.78, 5) is 15.5. The normalized spacial score (nSPS) is 11.6. The molecule has 0 aliphatic heterocycles. The summed E-state index contributed by atoms with van der Waals surface area (Å²) in [5.74, 6) is -0.425. The summed E-state index contributed by atoms with van der Waals surface area (Å²) in [6, 6.07) is 16.0. The molecule has 1 aromatic heterocycles. The number of carboxylic acids is 1. The van der Waals surface area contributed by atoms with Crippen LogP contribution in [-0.4, -0.2) is 35.9 Å². The largest absolute Gasteiger partial charge is 0.481 e. The number of nitrogens with zero attached hydrogens (tertiary/aromatic N) is 1. The predicted octanol–water partition coefficient (Wildman–Crippen LogP) is 5.07. The third-order valence-corrected chi connectivity index (χ3v) is 4.99. The molecule has 0 saturated heterocycles. The molecule has 32 heavy (non-hydrogen) atoms. The van der Waals surface area contributed by atoms with Crippen LogP contribution >= 0.6 is 0 Å². The minimum atomic E-state index is -1.00. The van der Waals surface area contributed by atoms with E-state index in [4.69, 9.17) is 19.3 Å². The maximum Gasteiger partial charge on any atom is 0.341 e. The zero-order valence-electron chi connectivity index (χ0n) is 19.2. The number of aliphatic carboxylic acids is 1. The summed E-state index contributed by atoms with van der Waals surface area (Å²) in [5.41, 5.74) is 4.49. The van der Waals surface area contributed by atoms with Gasteiger partial charge in [0.05, 0.1) is 37.6 Å². The minimum absolute atomic E-state index is 0.197. The highest BCUT2D eigenvalue weighted by Gasteiger charge is 2.20. The molecule has 0 unspecified atom stereocenters. The zero-order valence-corrected chi connectivity index (χ0v) is 19.2. The van der Waals surface area contributed by atoms with Crippen molar-refractivity contribution in [2.75, 3.05) is 19.8 Å². The Hall–Kier alpha value is -2.96. The first-order chi connectivity index (χ1) is 15.2. The van der Waals surface area contributed by atoms with E-state index in [0.717, 1.165) is 33.3 Å². The molecule has 2 aromatic carbocycles. The number of fused-ring (bicyclic) bond motifs is 1.